The van der Waals surface area contributed by atoms with E-state index in [1.54, 1.807) is 25.1 Å². The highest BCUT2D eigenvalue weighted by molar-refractivity contribution is 6.33. The minimum absolute atomic E-state index is 0.114. The molecule has 1 aromatic heterocycles. The number of hydrogen-bond donors (Lipinski definition) is 1. The van der Waals surface area contributed by atoms with E-state index in [4.69, 9.17) is 11.6 Å². The van der Waals surface area contributed by atoms with Crippen LogP contribution in [-0.2, 0) is 0 Å². The standard InChI is InChI=1S/C13H10ClFN2O/c1-8-5-9(15)7-10(6-8)17-13(18)11-3-2-4-16-12(11)14/h2-7H,1H3,(H,17,18). The molecule has 0 radical (unpaired) electrons. The maximum Gasteiger partial charge on any atom is 0.258 e. The van der Waals surface area contributed by atoms with Gasteiger partial charge in [0.1, 0.15) is 11.0 Å². The molecule has 5 heteroatoms. The minimum Gasteiger partial charge on any atom is -0.322 e. The first-order valence-electron chi connectivity index (χ1n) is 5.25. The molecule has 0 aliphatic heterocycles. The molecular weight excluding hydrogens is 255 g/mol. The fraction of sp³-hybridized carbons (Fsp3) is 0.0769. The molecule has 0 unspecified atom stereocenters. The zero-order chi connectivity index (χ0) is 13.1. The summed E-state index contributed by atoms with van der Waals surface area (Å²) in [7, 11) is 0. The van der Waals surface area contributed by atoms with Gasteiger partial charge in [-0.3, -0.25) is 4.79 Å². The summed E-state index contributed by atoms with van der Waals surface area (Å²) < 4.78 is 13.2. The monoisotopic (exact) mass is 264 g/mol. The van der Waals surface area contributed by atoms with Crippen molar-refractivity contribution >= 4 is 23.2 Å². The van der Waals surface area contributed by atoms with E-state index in [1.807, 2.05) is 0 Å². The quantitative estimate of drug-likeness (QED) is 0.845. The Morgan fingerprint density at radius 1 is 1.39 bits per heavy atom. The lowest BCUT2D eigenvalue weighted by molar-refractivity contribution is 0.102. The lowest BCUT2D eigenvalue weighted by Gasteiger charge is -2.07. The Morgan fingerprint density at radius 2 is 2.17 bits per heavy atom. The van der Waals surface area contributed by atoms with E-state index < -0.39 is 11.7 Å². The van der Waals surface area contributed by atoms with Crippen LogP contribution in [0.4, 0.5) is 10.1 Å². The van der Waals surface area contributed by atoms with Gasteiger partial charge in [0.15, 0.2) is 0 Å². The number of halogens is 2. The van der Waals surface area contributed by atoms with Crippen LogP contribution in [0.5, 0.6) is 0 Å². The third kappa shape index (κ3) is 2.84. The molecule has 0 bridgehead atoms. The van der Waals surface area contributed by atoms with Gasteiger partial charge in [0.05, 0.1) is 5.56 Å². The Bertz CT molecular complexity index is 581. The lowest BCUT2D eigenvalue weighted by atomic mass is 10.2. The Kier molecular flexibility index (Phi) is 3.58. The molecule has 92 valence electrons. The molecule has 0 aliphatic rings. The first-order valence-corrected chi connectivity index (χ1v) is 5.63. The van der Waals surface area contributed by atoms with Gasteiger partial charge in [0.2, 0.25) is 0 Å². The van der Waals surface area contributed by atoms with Crippen LogP contribution in [0.25, 0.3) is 0 Å². The van der Waals surface area contributed by atoms with E-state index in [9.17, 15) is 9.18 Å². The maximum absolute atomic E-state index is 13.2. The van der Waals surface area contributed by atoms with Gasteiger partial charge in [0.25, 0.3) is 5.91 Å². The number of benzene rings is 1. The van der Waals surface area contributed by atoms with E-state index in [1.165, 1.54) is 18.3 Å². The number of carbonyl (C=O) groups excluding carboxylic acids is 1. The van der Waals surface area contributed by atoms with Gasteiger partial charge in [-0.05, 0) is 42.8 Å². The van der Waals surface area contributed by atoms with Gasteiger partial charge >= 0.3 is 0 Å². The van der Waals surface area contributed by atoms with Crippen molar-refractivity contribution < 1.29 is 9.18 Å². The molecule has 18 heavy (non-hydrogen) atoms. The number of rotatable bonds is 2. The zero-order valence-electron chi connectivity index (χ0n) is 9.58. The number of pyridine rings is 1. The second-order valence-corrected chi connectivity index (χ2v) is 4.17. The van der Waals surface area contributed by atoms with E-state index >= 15 is 0 Å². The van der Waals surface area contributed by atoms with Crippen LogP contribution in [0.2, 0.25) is 5.15 Å². The van der Waals surface area contributed by atoms with Gasteiger partial charge < -0.3 is 5.32 Å². The average Bonchev–Trinajstić information content (AvgIpc) is 2.27. The summed E-state index contributed by atoms with van der Waals surface area (Å²) in [4.78, 5) is 15.7. The van der Waals surface area contributed by atoms with Crippen molar-refractivity contribution in [1.29, 1.82) is 0 Å². The number of amides is 1. The minimum atomic E-state index is -0.418. The van der Waals surface area contributed by atoms with Crippen LogP contribution in [0, 0.1) is 12.7 Å². The Balaban J connectivity index is 2.24. The van der Waals surface area contributed by atoms with Crippen LogP contribution < -0.4 is 5.32 Å². The fourth-order valence-electron chi connectivity index (χ4n) is 1.56. The summed E-state index contributed by atoms with van der Waals surface area (Å²) in [6, 6.07) is 7.46. The van der Waals surface area contributed by atoms with Gasteiger partial charge in [0, 0.05) is 11.9 Å². The molecule has 1 N–H and O–H groups in total. The second kappa shape index (κ2) is 5.14. The van der Waals surface area contributed by atoms with Crippen molar-refractivity contribution in [3.8, 4) is 0 Å². The number of anilines is 1. The van der Waals surface area contributed by atoms with Gasteiger partial charge in [-0.1, -0.05) is 11.6 Å². The largest absolute Gasteiger partial charge is 0.322 e. The number of aryl methyl sites for hydroxylation is 1. The average molecular weight is 265 g/mol. The normalized spacial score (nSPS) is 10.2. The van der Waals surface area contributed by atoms with Crippen molar-refractivity contribution in [3.05, 3.63) is 58.6 Å². The van der Waals surface area contributed by atoms with Gasteiger partial charge in [-0.15, -0.1) is 0 Å². The molecular formula is C13H10ClFN2O. The molecule has 0 fully saturated rings. The molecule has 2 aromatic rings. The Labute approximate surface area is 109 Å². The van der Waals surface area contributed by atoms with Crippen LogP contribution in [0.1, 0.15) is 15.9 Å². The second-order valence-electron chi connectivity index (χ2n) is 3.81. The third-order valence-corrected chi connectivity index (χ3v) is 2.60. The SMILES string of the molecule is Cc1cc(F)cc(NC(=O)c2cccnc2Cl)c1. The number of carbonyl (C=O) groups is 1. The first-order chi connectivity index (χ1) is 8.56. The van der Waals surface area contributed by atoms with Crippen molar-refractivity contribution in [1.82, 2.24) is 4.98 Å². The van der Waals surface area contributed by atoms with E-state index in [0.717, 1.165) is 5.56 Å². The highest BCUT2D eigenvalue weighted by Gasteiger charge is 2.11. The zero-order valence-corrected chi connectivity index (χ0v) is 10.3. The van der Waals surface area contributed by atoms with Gasteiger partial charge in [-0.25, -0.2) is 9.37 Å². The molecule has 0 aliphatic carbocycles. The van der Waals surface area contributed by atoms with Crippen LogP contribution >= 0.6 is 11.6 Å². The molecule has 0 saturated heterocycles. The molecule has 1 heterocycles. The fourth-order valence-corrected chi connectivity index (χ4v) is 1.77. The van der Waals surface area contributed by atoms with Crippen molar-refractivity contribution in [3.63, 3.8) is 0 Å². The topological polar surface area (TPSA) is 42.0 Å². The first kappa shape index (κ1) is 12.5. The number of nitrogens with one attached hydrogen (secondary N) is 1. The van der Waals surface area contributed by atoms with E-state index in [2.05, 4.69) is 10.3 Å². The lowest BCUT2D eigenvalue weighted by Crippen LogP contribution is -2.13. The van der Waals surface area contributed by atoms with Crippen LogP contribution in [0.3, 0.4) is 0 Å². The molecule has 0 atom stereocenters. The molecule has 1 amide bonds. The van der Waals surface area contributed by atoms with Crippen LogP contribution in [-0.4, -0.2) is 10.9 Å². The number of nitrogens with zero attached hydrogens (tertiary/aromatic N) is 1. The van der Waals surface area contributed by atoms with E-state index in [-0.39, 0.29) is 10.7 Å². The van der Waals surface area contributed by atoms with Crippen LogP contribution in [0.15, 0.2) is 36.5 Å². The van der Waals surface area contributed by atoms with Crippen molar-refractivity contribution in [2.45, 2.75) is 6.92 Å². The van der Waals surface area contributed by atoms with Crippen molar-refractivity contribution in [2.24, 2.45) is 0 Å². The molecule has 0 spiro atoms. The molecule has 3 nitrogen and oxygen atoms in total. The summed E-state index contributed by atoms with van der Waals surface area (Å²) in [6.45, 7) is 1.75. The molecule has 1 aromatic carbocycles. The summed E-state index contributed by atoms with van der Waals surface area (Å²) in [5.41, 5.74) is 1.36. The van der Waals surface area contributed by atoms with Gasteiger partial charge in [-0.2, -0.15) is 0 Å². The Morgan fingerprint density at radius 3 is 2.83 bits per heavy atom. The van der Waals surface area contributed by atoms with E-state index in [0.29, 0.717) is 5.69 Å². The molecule has 2 rings (SSSR count). The Hall–Kier alpha value is -1.94. The smallest absolute Gasteiger partial charge is 0.258 e. The summed E-state index contributed by atoms with van der Waals surface area (Å²) in [6.07, 6.45) is 1.49. The summed E-state index contributed by atoms with van der Waals surface area (Å²) in [5, 5.41) is 2.69. The number of aromatic nitrogens is 1. The maximum atomic E-state index is 13.2. The summed E-state index contributed by atoms with van der Waals surface area (Å²) in [5.74, 6) is -0.819. The highest BCUT2D eigenvalue weighted by Crippen LogP contribution is 2.17. The predicted octanol–water partition coefficient (Wildman–Crippen LogP) is 3.43. The number of hydrogen-bond acceptors (Lipinski definition) is 2. The third-order valence-electron chi connectivity index (χ3n) is 2.30. The van der Waals surface area contributed by atoms with Crippen molar-refractivity contribution in [2.75, 3.05) is 5.32 Å². The summed E-state index contributed by atoms with van der Waals surface area (Å²) >= 11 is 5.80. The molecule has 0 saturated carbocycles. The highest BCUT2D eigenvalue weighted by atomic mass is 35.5. The predicted molar refractivity (Wildman–Crippen MR) is 68.3 cm³/mol.